The number of thioether (sulfide) groups is 1. The van der Waals surface area contributed by atoms with Gasteiger partial charge in [-0.1, -0.05) is 29.3 Å². The smallest absolute Gasteiger partial charge is 0.234 e. The summed E-state index contributed by atoms with van der Waals surface area (Å²) in [5, 5.41) is 3.90. The summed E-state index contributed by atoms with van der Waals surface area (Å²) in [5.41, 5.74) is 0.620. The summed E-state index contributed by atoms with van der Waals surface area (Å²) in [7, 11) is 0. The van der Waals surface area contributed by atoms with Crippen LogP contribution in [0.5, 0.6) is 11.5 Å². The highest BCUT2D eigenvalue weighted by Gasteiger charge is 2.16. The average Bonchev–Trinajstić information content (AvgIpc) is 2.55. The van der Waals surface area contributed by atoms with Crippen molar-refractivity contribution in [2.24, 2.45) is 0 Å². The zero-order chi connectivity index (χ0) is 17.1. The van der Waals surface area contributed by atoms with E-state index in [0.717, 1.165) is 4.47 Å². The van der Waals surface area contributed by atoms with Gasteiger partial charge in [-0.05, 0) is 28.1 Å². The third-order valence-electron chi connectivity index (χ3n) is 3.17. The first-order valence-electron chi connectivity index (χ1n) is 7.00. The summed E-state index contributed by atoms with van der Waals surface area (Å²) in [6, 6.07) is 8.77. The molecule has 1 aliphatic heterocycles. The normalized spacial score (nSPS) is 12.8. The third-order valence-corrected chi connectivity index (χ3v) is 5.82. The topological polar surface area (TPSA) is 47.6 Å². The fraction of sp³-hybridized carbons (Fsp3) is 0.188. The van der Waals surface area contributed by atoms with E-state index >= 15 is 0 Å². The number of rotatable bonds is 4. The Morgan fingerprint density at radius 3 is 2.46 bits per heavy atom. The van der Waals surface area contributed by atoms with Crippen LogP contribution in [0.25, 0.3) is 0 Å². The molecule has 4 nitrogen and oxygen atoms in total. The number of hydrogen-bond donors (Lipinski definition) is 1. The highest BCUT2D eigenvalue weighted by Crippen LogP contribution is 2.38. The monoisotopic (exact) mass is 447 g/mol. The number of amides is 1. The molecule has 0 radical (unpaired) electrons. The van der Waals surface area contributed by atoms with Gasteiger partial charge in [0.1, 0.15) is 13.2 Å². The van der Waals surface area contributed by atoms with Gasteiger partial charge in [0.05, 0.1) is 21.5 Å². The van der Waals surface area contributed by atoms with E-state index in [9.17, 15) is 4.79 Å². The van der Waals surface area contributed by atoms with Crippen molar-refractivity contribution in [2.45, 2.75) is 4.90 Å². The van der Waals surface area contributed by atoms with Gasteiger partial charge < -0.3 is 14.8 Å². The van der Waals surface area contributed by atoms with Gasteiger partial charge in [-0.3, -0.25) is 4.79 Å². The zero-order valence-electron chi connectivity index (χ0n) is 12.3. The molecule has 126 valence electrons. The van der Waals surface area contributed by atoms with Crippen LogP contribution >= 0.6 is 50.9 Å². The van der Waals surface area contributed by atoms with Crippen molar-refractivity contribution in [3.63, 3.8) is 0 Å². The maximum absolute atomic E-state index is 12.2. The van der Waals surface area contributed by atoms with E-state index in [4.69, 9.17) is 32.7 Å². The first-order chi connectivity index (χ1) is 11.5. The van der Waals surface area contributed by atoms with Gasteiger partial charge in [0, 0.05) is 21.5 Å². The Hall–Kier alpha value is -1.08. The van der Waals surface area contributed by atoms with Crippen LogP contribution in [0.1, 0.15) is 0 Å². The Kier molecular flexibility index (Phi) is 5.81. The van der Waals surface area contributed by atoms with Gasteiger partial charge in [0.25, 0.3) is 0 Å². The molecular weight excluding hydrogens is 437 g/mol. The van der Waals surface area contributed by atoms with Crippen molar-refractivity contribution in [2.75, 3.05) is 24.3 Å². The van der Waals surface area contributed by atoms with E-state index in [2.05, 4.69) is 21.2 Å². The van der Waals surface area contributed by atoms with Crippen LogP contribution < -0.4 is 14.8 Å². The van der Waals surface area contributed by atoms with E-state index in [1.54, 1.807) is 30.3 Å². The molecule has 0 bridgehead atoms. The van der Waals surface area contributed by atoms with Crippen LogP contribution in [0.3, 0.4) is 0 Å². The lowest BCUT2D eigenvalue weighted by molar-refractivity contribution is -0.113. The molecule has 1 heterocycles. The van der Waals surface area contributed by atoms with Crippen molar-refractivity contribution < 1.29 is 14.3 Å². The summed E-state index contributed by atoms with van der Waals surface area (Å²) in [6.07, 6.45) is 0. The molecule has 0 unspecified atom stereocenters. The molecule has 0 atom stereocenters. The average molecular weight is 449 g/mol. The molecule has 8 heteroatoms. The summed E-state index contributed by atoms with van der Waals surface area (Å²) in [5.74, 6) is 1.28. The van der Waals surface area contributed by atoms with Crippen LogP contribution in [0, 0.1) is 0 Å². The summed E-state index contributed by atoms with van der Waals surface area (Å²) in [6.45, 7) is 1.00. The Morgan fingerprint density at radius 1 is 1.17 bits per heavy atom. The van der Waals surface area contributed by atoms with Gasteiger partial charge in [-0.2, -0.15) is 0 Å². The number of carbonyl (C=O) groups excluding carboxylic acids is 1. The number of anilines is 1. The van der Waals surface area contributed by atoms with Gasteiger partial charge >= 0.3 is 0 Å². The maximum Gasteiger partial charge on any atom is 0.234 e. The molecule has 0 aliphatic carbocycles. The number of carbonyl (C=O) groups is 1. The third kappa shape index (κ3) is 4.11. The number of nitrogens with one attached hydrogen (secondary N) is 1. The van der Waals surface area contributed by atoms with E-state index < -0.39 is 0 Å². The summed E-state index contributed by atoms with van der Waals surface area (Å²) >= 11 is 16.9. The van der Waals surface area contributed by atoms with E-state index in [1.807, 2.05) is 0 Å². The quantitative estimate of drug-likeness (QED) is 0.648. The molecule has 1 amide bonds. The Bertz CT molecular complexity index is 768. The molecule has 2 aromatic carbocycles. The number of hydrogen-bond acceptors (Lipinski definition) is 4. The fourth-order valence-electron chi connectivity index (χ4n) is 2.10. The molecule has 24 heavy (non-hydrogen) atoms. The van der Waals surface area contributed by atoms with Crippen LogP contribution in [-0.2, 0) is 4.79 Å². The lowest BCUT2D eigenvalue weighted by atomic mass is 10.2. The van der Waals surface area contributed by atoms with Gasteiger partial charge in [0.2, 0.25) is 5.91 Å². The second kappa shape index (κ2) is 7.87. The van der Waals surface area contributed by atoms with Crippen molar-refractivity contribution in [3.8, 4) is 11.5 Å². The molecule has 0 saturated heterocycles. The molecule has 1 N–H and O–H groups in total. The van der Waals surface area contributed by atoms with Crippen LogP contribution in [-0.4, -0.2) is 24.9 Å². The van der Waals surface area contributed by atoms with Crippen molar-refractivity contribution in [1.29, 1.82) is 0 Å². The standard InChI is InChI=1S/C16H12BrCl2NO3S/c17-9-6-13-14(23-5-4-22-13)7-12(9)20-15(21)8-24-16-10(18)2-1-3-11(16)19/h1-3,6-7H,4-5,8H2,(H,20,21). The van der Waals surface area contributed by atoms with Gasteiger partial charge in [-0.25, -0.2) is 0 Å². The molecule has 1 aliphatic rings. The predicted molar refractivity (Wildman–Crippen MR) is 101 cm³/mol. The lowest BCUT2D eigenvalue weighted by Gasteiger charge is -2.20. The van der Waals surface area contributed by atoms with Gasteiger partial charge in [-0.15, -0.1) is 11.8 Å². The van der Waals surface area contributed by atoms with Crippen LogP contribution in [0.4, 0.5) is 5.69 Å². The molecule has 0 aromatic heterocycles. The number of fused-ring (bicyclic) bond motifs is 1. The molecule has 2 aromatic rings. The maximum atomic E-state index is 12.2. The highest BCUT2D eigenvalue weighted by molar-refractivity contribution is 9.10. The predicted octanol–water partition coefficient (Wildman–Crippen LogP) is 5.26. The van der Waals surface area contributed by atoms with Gasteiger partial charge in [0.15, 0.2) is 11.5 Å². The van der Waals surface area contributed by atoms with Crippen LogP contribution in [0.2, 0.25) is 10.0 Å². The Labute approximate surface area is 161 Å². The van der Waals surface area contributed by atoms with Crippen molar-refractivity contribution in [1.82, 2.24) is 0 Å². The zero-order valence-corrected chi connectivity index (χ0v) is 16.2. The summed E-state index contributed by atoms with van der Waals surface area (Å²) in [4.78, 5) is 12.9. The minimum atomic E-state index is -0.173. The molecule has 0 spiro atoms. The molecule has 0 fully saturated rings. The minimum absolute atomic E-state index is 0.173. The minimum Gasteiger partial charge on any atom is -0.486 e. The first kappa shape index (κ1) is 17.7. The van der Waals surface area contributed by atoms with E-state index in [1.165, 1.54) is 11.8 Å². The second-order valence-electron chi connectivity index (χ2n) is 4.86. The van der Waals surface area contributed by atoms with E-state index in [0.29, 0.717) is 45.3 Å². The number of ether oxygens (including phenoxy) is 2. The molecule has 0 saturated carbocycles. The molecule has 3 rings (SSSR count). The first-order valence-corrected chi connectivity index (χ1v) is 9.54. The highest BCUT2D eigenvalue weighted by atomic mass is 79.9. The lowest BCUT2D eigenvalue weighted by Crippen LogP contribution is -2.17. The van der Waals surface area contributed by atoms with Crippen LogP contribution in [0.15, 0.2) is 39.7 Å². The summed E-state index contributed by atoms with van der Waals surface area (Å²) < 4.78 is 11.7. The number of halogens is 3. The number of benzene rings is 2. The Balaban J connectivity index is 1.67. The Morgan fingerprint density at radius 2 is 1.79 bits per heavy atom. The molecular formula is C16H12BrCl2NO3S. The SMILES string of the molecule is O=C(CSc1c(Cl)cccc1Cl)Nc1cc2c(cc1Br)OCCO2. The largest absolute Gasteiger partial charge is 0.486 e. The fourth-order valence-corrected chi connectivity index (χ4v) is 4.01. The second-order valence-corrected chi connectivity index (χ2v) is 7.52. The van der Waals surface area contributed by atoms with Crippen molar-refractivity contribution >= 4 is 62.5 Å². The van der Waals surface area contributed by atoms with E-state index in [-0.39, 0.29) is 11.7 Å². The van der Waals surface area contributed by atoms with Crippen molar-refractivity contribution in [3.05, 3.63) is 44.8 Å².